The summed E-state index contributed by atoms with van der Waals surface area (Å²) < 4.78 is 9.70. The SMILES string of the molecule is O=C(C=Cc1ccccc1)OC(=O)Oc1cc([N+](=O)[O-])ccc1-c1ccccc1. The first-order valence-electron chi connectivity index (χ1n) is 8.53. The Morgan fingerprint density at radius 1 is 0.897 bits per heavy atom. The summed E-state index contributed by atoms with van der Waals surface area (Å²) in [6.45, 7) is 0. The van der Waals surface area contributed by atoms with E-state index >= 15 is 0 Å². The van der Waals surface area contributed by atoms with Crippen molar-refractivity contribution < 1.29 is 24.0 Å². The highest BCUT2D eigenvalue weighted by atomic mass is 16.7. The highest BCUT2D eigenvalue weighted by Crippen LogP contribution is 2.33. The van der Waals surface area contributed by atoms with E-state index < -0.39 is 17.0 Å². The van der Waals surface area contributed by atoms with Crippen LogP contribution in [-0.4, -0.2) is 17.0 Å². The van der Waals surface area contributed by atoms with Crippen molar-refractivity contribution in [1.82, 2.24) is 0 Å². The molecule has 0 unspecified atom stereocenters. The van der Waals surface area contributed by atoms with E-state index in [0.29, 0.717) is 11.1 Å². The zero-order chi connectivity index (χ0) is 20.6. The summed E-state index contributed by atoms with van der Waals surface area (Å²) in [7, 11) is 0. The molecule has 7 nitrogen and oxygen atoms in total. The van der Waals surface area contributed by atoms with E-state index in [2.05, 4.69) is 4.74 Å². The number of nitro benzene ring substituents is 1. The average Bonchev–Trinajstić information content (AvgIpc) is 2.73. The van der Waals surface area contributed by atoms with Crippen molar-refractivity contribution in [2.75, 3.05) is 0 Å². The molecule has 0 aliphatic rings. The normalized spacial score (nSPS) is 10.5. The number of nitro groups is 1. The molecule has 0 aromatic heterocycles. The van der Waals surface area contributed by atoms with Gasteiger partial charge in [-0.25, -0.2) is 9.59 Å². The fraction of sp³-hybridized carbons (Fsp3) is 0. The molecule has 29 heavy (non-hydrogen) atoms. The van der Waals surface area contributed by atoms with Crippen molar-refractivity contribution in [3.8, 4) is 16.9 Å². The van der Waals surface area contributed by atoms with Crippen molar-refractivity contribution in [3.05, 3.63) is 101 Å². The Labute approximate surface area is 166 Å². The first-order chi connectivity index (χ1) is 14.0. The van der Waals surface area contributed by atoms with Gasteiger partial charge in [-0.1, -0.05) is 60.7 Å². The van der Waals surface area contributed by atoms with E-state index in [1.165, 1.54) is 18.2 Å². The van der Waals surface area contributed by atoms with Crippen LogP contribution in [0.4, 0.5) is 10.5 Å². The minimum Gasteiger partial charge on any atom is -0.394 e. The Hall–Kier alpha value is -4.26. The smallest absolute Gasteiger partial charge is 0.394 e. The number of nitrogens with zero attached hydrogens (tertiary/aromatic N) is 1. The number of ether oxygens (including phenoxy) is 2. The fourth-order valence-corrected chi connectivity index (χ4v) is 2.52. The number of esters is 1. The minimum absolute atomic E-state index is 0.0877. The van der Waals surface area contributed by atoms with Gasteiger partial charge in [0.2, 0.25) is 0 Å². The summed E-state index contributed by atoms with van der Waals surface area (Å²) in [5.74, 6) is -1.01. The molecule has 0 N–H and O–H groups in total. The number of rotatable bonds is 5. The first-order valence-corrected chi connectivity index (χ1v) is 8.53. The quantitative estimate of drug-likeness (QED) is 0.152. The second-order valence-electron chi connectivity index (χ2n) is 5.82. The number of non-ortho nitro benzene ring substituents is 1. The lowest BCUT2D eigenvalue weighted by Gasteiger charge is -2.09. The summed E-state index contributed by atoms with van der Waals surface area (Å²) in [4.78, 5) is 34.3. The third-order valence-corrected chi connectivity index (χ3v) is 3.85. The van der Waals surface area contributed by atoms with Gasteiger partial charge >= 0.3 is 12.1 Å². The lowest BCUT2D eigenvalue weighted by molar-refractivity contribution is -0.384. The maximum Gasteiger partial charge on any atom is 0.521 e. The van der Waals surface area contributed by atoms with Crippen LogP contribution in [0.3, 0.4) is 0 Å². The molecule has 144 valence electrons. The molecule has 0 saturated carbocycles. The molecule has 0 amide bonds. The van der Waals surface area contributed by atoms with E-state index in [1.54, 1.807) is 54.6 Å². The van der Waals surface area contributed by atoms with Crippen molar-refractivity contribution in [2.24, 2.45) is 0 Å². The van der Waals surface area contributed by atoms with Crippen LogP contribution < -0.4 is 4.74 Å². The van der Waals surface area contributed by atoms with E-state index in [-0.39, 0.29) is 11.4 Å². The van der Waals surface area contributed by atoms with E-state index in [0.717, 1.165) is 17.7 Å². The van der Waals surface area contributed by atoms with Crippen LogP contribution in [0.25, 0.3) is 17.2 Å². The summed E-state index contributed by atoms with van der Waals surface area (Å²) in [6.07, 6.45) is 1.28. The summed E-state index contributed by atoms with van der Waals surface area (Å²) >= 11 is 0. The lowest BCUT2D eigenvalue weighted by atomic mass is 10.0. The van der Waals surface area contributed by atoms with Gasteiger partial charge in [0.05, 0.1) is 11.0 Å². The maximum atomic E-state index is 12.0. The van der Waals surface area contributed by atoms with Crippen molar-refractivity contribution in [2.45, 2.75) is 0 Å². The monoisotopic (exact) mass is 389 g/mol. The zero-order valence-corrected chi connectivity index (χ0v) is 15.1. The molecule has 0 aliphatic carbocycles. The predicted molar refractivity (Wildman–Crippen MR) is 106 cm³/mol. The zero-order valence-electron chi connectivity index (χ0n) is 15.1. The highest BCUT2D eigenvalue weighted by Gasteiger charge is 2.18. The predicted octanol–water partition coefficient (Wildman–Crippen LogP) is 5.02. The van der Waals surface area contributed by atoms with Crippen LogP contribution in [0, 0.1) is 10.1 Å². The second-order valence-corrected chi connectivity index (χ2v) is 5.82. The number of carbonyl (C=O) groups is 2. The molecule has 0 spiro atoms. The van der Waals surface area contributed by atoms with Gasteiger partial charge in [0, 0.05) is 17.7 Å². The molecule has 0 heterocycles. The third kappa shape index (κ3) is 5.36. The Balaban J connectivity index is 1.76. The Kier molecular flexibility index (Phi) is 6.12. The van der Waals surface area contributed by atoms with Gasteiger partial charge in [-0.3, -0.25) is 10.1 Å². The van der Waals surface area contributed by atoms with Crippen LogP contribution >= 0.6 is 0 Å². The number of carbonyl (C=O) groups excluding carboxylic acids is 2. The minimum atomic E-state index is -1.29. The van der Waals surface area contributed by atoms with Crippen LogP contribution in [0.2, 0.25) is 0 Å². The van der Waals surface area contributed by atoms with E-state index in [1.807, 2.05) is 6.07 Å². The van der Waals surface area contributed by atoms with Crippen molar-refractivity contribution >= 4 is 23.9 Å². The second kappa shape index (κ2) is 9.09. The van der Waals surface area contributed by atoms with Gasteiger partial charge in [-0.05, 0) is 23.3 Å². The standard InChI is InChI=1S/C22H15NO6/c24-21(14-11-16-7-3-1-4-8-16)29-22(25)28-20-15-18(23(26)27)12-13-19(20)17-9-5-2-6-10-17/h1-15H. The number of hydrogen-bond acceptors (Lipinski definition) is 6. The van der Waals surface area contributed by atoms with Crippen LogP contribution in [-0.2, 0) is 9.53 Å². The number of benzene rings is 3. The Morgan fingerprint density at radius 3 is 2.21 bits per heavy atom. The Bertz CT molecular complexity index is 1060. The van der Waals surface area contributed by atoms with E-state index in [9.17, 15) is 19.7 Å². The van der Waals surface area contributed by atoms with Crippen LogP contribution in [0.5, 0.6) is 5.75 Å². The topological polar surface area (TPSA) is 95.7 Å². The third-order valence-electron chi connectivity index (χ3n) is 3.85. The van der Waals surface area contributed by atoms with Gasteiger partial charge < -0.3 is 9.47 Å². The van der Waals surface area contributed by atoms with Gasteiger partial charge in [0.15, 0.2) is 0 Å². The largest absolute Gasteiger partial charge is 0.521 e. The first kappa shape index (κ1) is 19.5. The molecule has 3 aromatic carbocycles. The molecular formula is C22H15NO6. The fourth-order valence-electron chi connectivity index (χ4n) is 2.52. The van der Waals surface area contributed by atoms with Gasteiger partial charge in [0.25, 0.3) is 5.69 Å². The molecular weight excluding hydrogens is 374 g/mol. The van der Waals surface area contributed by atoms with Crippen LogP contribution in [0.15, 0.2) is 84.9 Å². The van der Waals surface area contributed by atoms with Gasteiger partial charge in [-0.15, -0.1) is 0 Å². The van der Waals surface area contributed by atoms with Gasteiger partial charge in [-0.2, -0.15) is 0 Å². The summed E-state index contributed by atoms with van der Waals surface area (Å²) in [6, 6.07) is 21.7. The molecule has 0 bridgehead atoms. The summed E-state index contributed by atoms with van der Waals surface area (Å²) in [5.41, 5.74) is 1.62. The molecule has 7 heteroatoms. The molecule has 0 radical (unpaired) electrons. The molecule has 0 aliphatic heterocycles. The van der Waals surface area contributed by atoms with Crippen molar-refractivity contribution in [3.63, 3.8) is 0 Å². The van der Waals surface area contributed by atoms with Gasteiger partial charge in [0.1, 0.15) is 5.75 Å². The average molecular weight is 389 g/mol. The van der Waals surface area contributed by atoms with Crippen molar-refractivity contribution in [1.29, 1.82) is 0 Å². The Morgan fingerprint density at radius 2 is 1.55 bits per heavy atom. The lowest BCUT2D eigenvalue weighted by Crippen LogP contribution is -2.15. The molecule has 3 aromatic rings. The van der Waals surface area contributed by atoms with Crippen LogP contribution in [0.1, 0.15) is 5.56 Å². The summed E-state index contributed by atoms with van der Waals surface area (Å²) in [5, 5.41) is 11.1. The molecule has 0 saturated heterocycles. The highest BCUT2D eigenvalue weighted by molar-refractivity contribution is 5.93. The number of hydrogen-bond donors (Lipinski definition) is 0. The molecule has 3 rings (SSSR count). The maximum absolute atomic E-state index is 12.0. The molecule has 0 atom stereocenters. The molecule has 0 fully saturated rings. The van der Waals surface area contributed by atoms with E-state index in [4.69, 9.17) is 4.74 Å².